The number of carbonyl (C=O) groups is 1. The molecule has 0 heterocycles. The highest BCUT2D eigenvalue weighted by atomic mass is 35.7. The summed E-state index contributed by atoms with van der Waals surface area (Å²) >= 11 is 5.81. The summed E-state index contributed by atoms with van der Waals surface area (Å²) in [5.41, 5.74) is 0.473. The Kier molecular flexibility index (Phi) is 3.84. The van der Waals surface area contributed by atoms with E-state index in [1.807, 2.05) is 0 Å². The molecule has 0 spiro atoms. The lowest BCUT2D eigenvalue weighted by Gasteiger charge is -2.24. The van der Waals surface area contributed by atoms with Crippen LogP contribution >= 0.6 is 22.3 Å². The van der Waals surface area contributed by atoms with Crippen LogP contribution in [-0.4, -0.2) is 14.3 Å². The van der Waals surface area contributed by atoms with Crippen molar-refractivity contribution in [3.63, 3.8) is 0 Å². The van der Waals surface area contributed by atoms with Crippen LogP contribution in [0.2, 0.25) is 5.02 Å². The van der Waals surface area contributed by atoms with Gasteiger partial charge in [0.15, 0.2) is 0 Å². The van der Waals surface area contributed by atoms with Crippen molar-refractivity contribution in [1.82, 2.24) is 0 Å². The minimum Gasteiger partial charge on any atom is -0.326 e. The molecule has 7 heteroatoms. The Labute approximate surface area is 115 Å². The summed E-state index contributed by atoms with van der Waals surface area (Å²) in [6, 6.07) is 4.13. The van der Waals surface area contributed by atoms with Crippen molar-refractivity contribution in [2.24, 2.45) is 5.92 Å². The first-order valence-electron chi connectivity index (χ1n) is 5.43. The summed E-state index contributed by atoms with van der Waals surface area (Å²) < 4.78 is 22.3. The number of anilines is 1. The third kappa shape index (κ3) is 2.96. The predicted octanol–water partition coefficient (Wildman–Crippen LogP) is 3.01. The molecular formula is C11H11Cl2NO3S. The quantitative estimate of drug-likeness (QED) is 0.873. The molecule has 0 aromatic heterocycles. The van der Waals surface area contributed by atoms with E-state index >= 15 is 0 Å². The number of hydrogen-bond acceptors (Lipinski definition) is 3. The Bertz CT molecular complexity index is 582. The molecule has 1 saturated carbocycles. The molecule has 0 aliphatic heterocycles. The minimum absolute atomic E-state index is 0.00332. The van der Waals surface area contributed by atoms with Crippen LogP contribution < -0.4 is 5.32 Å². The molecule has 1 aliphatic carbocycles. The summed E-state index contributed by atoms with van der Waals surface area (Å²) in [7, 11) is 1.34. The Morgan fingerprint density at radius 3 is 2.44 bits per heavy atom. The lowest BCUT2D eigenvalue weighted by Crippen LogP contribution is -2.28. The first kappa shape index (κ1) is 13.6. The van der Waals surface area contributed by atoms with Gasteiger partial charge >= 0.3 is 0 Å². The SMILES string of the molecule is O=C(Nc1ccc(S(=O)(=O)Cl)c(Cl)c1)C1CCC1. The molecule has 1 aromatic carbocycles. The molecule has 4 nitrogen and oxygen atoms in total. The van der Waals surface area contributed by atoms with E-state index in [2.05, 4.69) is 5.32 Å². The third-order valence-electron chi connectivity index (χ3n) is 2.94. The molecule has 1 aromatic rings. The lowest BCUT2D eigenvalue weighted by atomic mass is 9.85. The number of halogens is 2. The van der Waals surface area contributed by atoms with Crippen molar-refractivity contribution in [2.45, 2.75) is 24.2 Å². The highest BCUT2D eigenvalue weighted by Crippen LogP contribution is 2.30. The standard InChI is InChI=1S/C11H11Cl2NO3S/c12-9-6-8(4-5-10(9)18(13,16)17)14-11(15)7-2-1-3-7/h4-7H,1-3H2,(H,14,15). The zero-order valence-electron chi connectivity index (χ0n) is 9.32. The van der Waals surface area contributed by atoms with Crippen LogP contribution in [0.25, 0.3) is 0 Å². The fourth-order valence-corrected chi connectivity index (χ4v) is 3.22. The second-order valence-electron chi connectivity index (χ2n) is 4.20. The average molecular weight is 308 g/mol. The molecule has 1 aliphatic rings. The Morgan fingerprint density at radius 2 is 2.00 bits per heavy atom. The Morgan fingerprint density at radius 1 is 1.33 bits per heavy atom. The summed E-state index contributed by atoms with van der Waals surface area (Å²) in [5.74, 6) is -0.000918. The molecule has 18 heavy (non-hydrogen) atoms. The van der Waals surface area contributed by atoms with Crippen LogP contribution in [-0.2, 0) is 13.8 Å². The van der Waals surface area contributed by atoms with E-state index in [1.165, 1.54) is 18.2 Å². The maximum atomic E-state index is 11.7. The number of carbonyl (C=O) groups excluding carboxylic acids is 1. The van der Waals surface area contributed by atoms with Crippen LogP contribution in [0.3, 0.4) is 0 Å². The van der Waals surface area contributed by atoms with Crippen molar-refractivity contribution in [2.75, 3.05) is 5.32 Å². The van der Waals surface area contributed by atoms with E-state index in [0.717, 1.165) is 19.3 Å². The fourth-order valence-electron chi connectivity index (χ4n) is 1.69. The van der Waals surface area contributed by atoms with E-state index in [-0.39, 0.29) is 21.7 Å². The molecule has 1 fully saturated rings. The van der Waals surface area contributed by atoms with Gasteiger partial charge in [-0.05, 0) is 31.0 Å². The first-order valence-corrected chi connectivity index (χ1v) is 8.12. The average Bonchev–Trinajstić information content (AvgIpc) is 2.11. The molecule has 0 atom stereocenters. The number of benzene rings is 1. The van der Waals surface area contributed by atoms with Gasteiger partial charge in [0.25, 0.3) is 9.05 Å². The normalized spacial score (nSPS) is 16.1. The molecule has 1 N–H and O–H groups in total. The van der Waals surface area contributed by atoms with Gasteiger partial charge in [-0.15, -0.1) is 0 Å². The number of amides is 1. The Balaban J connectivity index is 2.16. The van der Waals surface area contributed by atoms with E-state index in [0.29, 0.717) is 5.69 Å². The molecule has 0 bridgehead atoms. The van der Waals surface area contributed by atoms with Crippen LogP contribution in [0.4, 0.5) is 5.69 Å². The smallest absolute Gasteiger partial charge is 0.262 e. The third-order valence-corrected chi connectivity index (χ3v) is 4.74. The molecule has 2 rings (SSSR count). The number of hydrogen-bond donors (Lipinski definition) is 1. The second kappa shape index (κ2) is 5.07. The number of nitrogens with one attached hydrogen (secondary N) is 1. The van der Waals surface area contributed by atoms with Gasteiger partial charge < -0.3 is 5.32 Å². The van der Waals surface area contributed by atoms with Crippen molar-refractivity contribution in [3.05, 3.63) is 23.2 Å². The van der Waals surface area contributed by atoms with Gasteiger partial charge in [0, 0.05) is 22.3 Å². The van der Waals surface area contributed by atoms with Crippen molar-refractivity contribution in [1.29, 1.82) is 0 Å². The fraction of sp³-hybridized carbons (Fsp3) is 0.364. The molecule has 0 saturated heterocycles. The van der Waals surface area contributed by atoms with Gasteiger partial charge in [0.1, 0.15) is 4.90 Å². The largest absolute Gasteiger partial charge is 0.326 e. The molecule has 98 valence electrons. The van der Waals surface area contributed by atoms with E-state index in [9.17, 15) is 13.2 Å². The van der Waals surface area contributed by atoms with Crippen molar-refractivity contribution < 1.29 is 13.2 Å². The highest BCUT2D eigenvalue weighted by Gasteiger charge is 2.25. The van der Waals surface area contributed by atoms with Gasteiger partial charge in [-0.25, -0.2) is 8.42 Å². The van der Waals surface area contributed by atoms with Gasteiger partial charge in [-0.2, -0.15) is 0 Å². The van der Waals surface area contributed by atoms with Crippen LogP contribution in [0, 0.1) is 5.92 Å². The van der Waals surface area contributed by atoms with Gasteiger partial charge in [0.2, 0.25) is 5.91 Å². The highest BCUT2D eigenvalue weighted by molar-refractivity contribution is 8.13. The molecule has 1 amide bonds. The minimum atomic E-state index is -3.86. The van der Waals surface area contributed by atoms with Gasteiger partial charge in [0.05, 0.1) is 5.02 Å². The lowest BCUT2D eigenvalue weighted by molar-refractivity contribution is -0.122. The topological polar surface area (TPSA) is 63.2 Å². The van der Waals surface area contributed by atoms with Crippen molar-refractivity contribution in [3.8, 4) is 0 Å². The van der Waals surface area contributed by atoms with E-state index in [4.69, 9.17) is 22.3 Å². The summed E-state index contributed by atoms with van der Waals surface area (Å²) in [4.78, 5) is 11.5. The number of rotatable bonds is 3. The van der Waals surface area contributed by atoms with Crippen LogP contribution in [0.5, 0.6) is 0 Å². The maximum absolute atomic E-state index is 11.7. The van der Waals surface area contributed by atoms with Crippen molar-refractivity contribution >= 4 is 42.9 Å². The molecule has 0 unspecified atom stereocenters. The molecule has 0 radical (unpaired) electrons. The zero-order valence-corrected chi connectivity index (χ0v) is 11.6. The summed E-state index contributed by atoms with van der Waals surface area (Å²) in [5, 5.41) is 2.70. The van der Waals surface area contributed by atoms with Crippen LogP contribution in [0.1, 0.15) is 19.3 Å². The van der Waals surface area contributed by atoms with Gasteiger partial charge in [-0.3, -0.25) is 4.79 Å². The second-order valence-corrected chi connectivity index (χ2v) is 7.14. The summed E-state index contributed by atoms with van der Waals surface area (Å²) in [6.45, 7) is 0. The predicted molar refractivity (Wildman–Crippen MR) is 70.5 cm³/mol. The summed E-state index contributed by atoms with van der Waals surface area (Å²) in [6.07, 6.45) is 2.86. The first-order chi connectivity index (χ1) is 8.38. The Hall–Kier alpha value is -0.780. The van der Waals surface area contributed by atoms with E-state index in [1.54, 1.807) is 0 Å². The van der Waals surface area contributed by atoms with Crippen LogP contribution in [0.15, 0.2) is 23.1 Å². The van der Waals surface area contributed by atoms with Gasteiger partial charge in [-0.1, -0.05) is 18.0 Å². The van der Waals surface area contributed by atoms with E-state index < -0.39 is 9.05 Å². The maximum Gasteiger partial charge on any atom is 0.262 e. The monoisotopic (exact) mass is 307 g/mol. The molecular weight excluding hydrogens is 297 g/mol. The zero-order chi connectivity index (χ0) is 13.3.